The van der Waals surface area contributed by atoms with E-state index < -0.39 is 78.3 Å². The van der Waals surface area contributed by atoms with E-state index in [0.717, 1.165) is 24.3 Å². The van der Waals surface area contributed by atoms with E-state index in [4.69, 9.17) is 24.1 Å². The Hall–Kier alpha value is -2.96. The van der Waals surface area contributed by atoms with E-state index in [0.29, 0.717) is 0 Å². The van der Waals surface area contributed by atoms with Crippen LogP contribution >= 0.6 is 0 Å². The normalized spacial score (nSPS) is 38.1. The lowest BCUT2D eigenvalue weighted by Gasteiger charge is -2.44. The van der Waals surface area contributed by atoms with Gasteiger partial charge in [-0.2, -0.15) is 0 Å². The molecule has 16 nitrogen and oxygen atoms in total. The number of carboxylic acid groups (broad SMARTS) is 2. The summed E-state index contributed by atoms with van der Waals surface area (Å²) >= 11 is 0. The third kappa shape index (κ3) is 5.08. The molecule has 3 rings (SSSR count). The van der Waals surface area contributed by atoms with Crippen molar-refractivity contribution in [2.24, 2.45) is 0 Å². The van der Waals surface area contributed by atoms with Crippen LogP contribution in [-0.4, -0.2) is 114 Å². The zero-order valence-electron chi connectivity index (χ0n) is 16.9. The lowest BCUT2D eigenvalue weighted by atomic mass is 9.96. The van der Waals surface area contributed by atoms with Crippen LogP contribution in [0.2, 0.25) is 0 Å². The molecule has 0 amide bonds. The first-order valence-corrected chi connectivity index (χ1v) is 9.65. The molecule has 0 bridgehead atoms. The summed E-state index contributed by atoms with van der Waals surface area (Å²) in [7, 11) is 0. The van der Waals surface area contributed by atoms with E-state index >= 15 is 0 Å². The van der Waals surface area contributed by atoms with Gasteiger partial charge in [0.15, 0.2) is 18.5 Å². The minimum absolute atomic E-state index is 0.0904. The molecule has 1 aromatic rings. The number of carboxylic acids is 2. The molecule has 0 aliphatic carbocycles. The zero-order valence-corrected chi connectivity index (χ0v) is 16.9. The highest BCUT2D eigenvalue weighted by molar-refractivity contribution is 5.74. The summed E-state index contributed by atoms with van der Waals surface area (Å²) in [5.74, 6) is -3.51. The summed E-state index contributed by atoms with van der Waals surface area (Å²) < 4.78 is 20.6. The van der Waals surface area contributed by atoms with Crippen LogP contribution in [-0.2, 0) is 23.8 Å². The average Bonchev–Trinajstić information content (AvgIpc) is 2.78. The van der Waals surface area contributed by atoms with Gasteiger partial charge in [0.1, 0.15) is 42.4 Å². The van der Waals surface area contributed by atoms with Crippen LogP contribution in [0.15, 0.2) is 24.3 Å². The fourth-order valence-corrected chi connectivity index (χ4v) is 3.40. The molecule has 0 aromatic heterocycles. The highest BCUT2D eigenvalue weighted by Crippen LogP contribution is 2.31. The molecule has 16 heteroatoms. The molecule has 2 aliphatic rings. The molecule has 2 heterocycles. The van der Waals surface area contributed by atoms with Crippen LogP contribution in [0.25, 0.3) is 0 Å². The van der Waals surface area contributed by atoms with Crippen LogP contribution in [0.5, 0.6) is 5.75 Å². The number of nitro groups is 1. The quantitative estimate of drug-likeness (QED) is 0.146. The maximum atomic E-state index is 11.5. The van der Waals surface area contributed by atoms with Crippen molar-refractivity contribution >= 4 is 17.6 Å². The van der Waals surface area contributed by atoms with Crippen molar-refractivity contribution < 1.29 is 69.2 Å². The van der Waals surface area contributed by atoms with Crippen LogP contribution in [0.1, 0.15) is 0 Å². The molecule has 2 aliphatic heterocycles. The number of hydrogen-bond acceptors (Lipinski definition) is 13. The van der Waals surface area contributed by atoms with E-state index in [2.05, 4.69) is 0 Å². The van der Waals surface area contributed by atoms with Crippen LogP contribution in [0.4, 0.5) is 5.69 Å². The van der Waals surface area contributed by atoms with Crippen molar-refractivity contribution in [2.75, 3.05) is 0 Å². The van der Waals surface area contributed by atoms with Gasteiger partial charge in [0, 0.05) is 12.1 Å². The largest absolute Gasteiger partial charge is 0.479 e. The molecule has 7 N–H and O–H groups in total. The maximum absolute atomic E-state index is 11.5. The van der Waals surface area contributed by atoms with Gasteiger partial charge in [-0.1, -0.05) is 0 Å². The molecule has 2 fully saturated rings. The summed E-state index contributed by atoms with van der Waals surface area (Å²) in [5.41, 5.74) is -0.283. The van der Waals surface area contributed by atoms with Gasteiger partial charge in [-0.3, -0.25) is 10.1 Å². The molecule has 10 atom stereocenters. The van der Waals surface area contributed by atoms with E-state index in [1.54, 1.807) is 0 Å². The number of nitrogens with zero attached hydrogens (tertiary/aromatic N) is 1. The molecule has 2 saturated heterocycles. The number of aliphatic carboxylic acids is 2. The molecule has 0 radical (unpaired) electrons. The van der Waals surface area contributed by atoms with E-state index in [1.165, 1.54) is 0 Å². The number of hydrogen-bond donors (Lipinski definition) is 7. The zero-order chi connectivity index (χ0) is 25.3. The second-order valence-electron chi connectivity index (χ2n) is 7.45. The van der Waals surface area contributed by atoms with Crippen LogP contribution in [0, 0.1) is 10.1 Å². The van der Waals surface area contributed by atoms with E-state index in [-0.39, 0.29) is 11.4 Å². The smallest absolute Gasteiger partial charge is 0.335 e. The molecule has 0 saturated carbocycles. The topological polar surface area (TPSA) is 256 Å². The number of nitro benzene ring substituents is 1. The molecule has 1 aromatic carbocycles. The Morgan fingerprint density at radius 1 is 0.794 bits per heavy atom. The lowest BCUT2D eigenvalue weighted by Crippen LogP contribution is -2.66. The fourth-order valence-electron chi connectivity index (χ4n) is 3.40. The summed E-state index contributed by atoms with van der Waals surface area (Å²) in [6.07, 6.45) is -20.1. The number of aliphatic hydroxyl groups is 5. The molecule has 0 spiro atoms. The third-order valence-corrected chi connectivity index (χ3v) is 5.19. The first kappa shape index (κ1) is 25.7. The Bertz CT molecular complexity index is 909. The predicted molar refractivity (Wildman–Crippen MR) is 101 cm³/mol. The maximum Gasteiger partial charge on any atom is 0.335 e. The van der Waals surface area contributed by atoms with Gasteiger partial charge in [-0.25, -0.2) is 9.59 Å². The Morgan fingerprint density at radius 3 is 1.85 bits per heavy atom. The molecule has 0 unspecified atom stereocenters. The number of ether oxygens (including phenoxy) is 4. The minimum atomic E-state index is -2.09. The second kappa shape index (κ2) is 10.1. The van der Waals surface area contributed by atoms with Crippen molar-refractivity contribution in [1.82, 2.24) is 0 Å². The van der Waals surface area contributed by atoms with E-state index in [9.17, 15) is 50.3 Å². The van der Waals surface area contributed by atoms with Gasteiger partial charge in [-0.05, 0) is 12.1 Å². The molecular formula is C18H21NO15. The number of benzene rings is 1. The highest BCUT2D eigenvalue weighted by atomic mass is 16.7. The molecular weight excluding hydrogens is 470 g/mol. The van der Waals surface area contributed by atoms with Gasteiger partial charge in [0.05, 0.1) is 4.92 Å². The standard InChI is InChI=1S/C18H21NO15/c20-7-8(21)13(15(25)26)33-17(9(7)22)32-12-10(23)14(16(27)28)34-18(11(12)24)31-6-3-1-5(2-4-6)19(29)30/h1-4,7-14,17-18,20-24H,(H,25,26)(H,27,28)/t7-,8-,9+,10-,11+,12-,13-,14-,17+,18+/m0/s1. The number of non-ortho nitro benzene ring substituents is 1. The number of rotatable bonds is 7. The Kier molecular flexibility index (Phi) is 7.64. The van der Waals surface area contributed by atoms with Crippen LogP contribution in [0.3, 0.4) is 0 Å². The van der Waals surface area contributed by atoms with Gasteiger partial charge >= 0.3 is 11.9 Å². The highest BCUT2D eigenvalue weighted by Gasteiger charge is 2.54. The lowest BCUT2D eigenvalue weighted by molar-refractivity contribution is -0.384. The van der Waals surface area contributed by atoms with Gasteiger partial charge in [-0.15, -0.1) is 0 Å². The average molecular weight is 491 g/mol. The van der Waals surface area contributed by atoms with Crippen molar-refractivity contribution in [3.63, 3.8) is 0 Å². The van der Waals surface area contributed by atoms with Gasteiger partial charge in [0.2, 0.25) is 6.29 Å². The number of carbonyl (C=O) groups is 2. The van der Waals surface area contributed by atoms with Crippen LogP contribution < -0.4 is 4.74 Å². The van der Waals surface area contributed by atoms with Gasteiger partial charge < -0.3 is 54.7 Å². The molecule has 188 valence electrons. The summed E-state index contributed by atoms with van der Waals surface area (Å²) in [4.78, 5) is 32.9. The summed E-state index contributed by atoms with van der Waals surface area (Å²) in [6, 6.07) is 4.39. The third-order valence-electron chi connectivity index (χ3n) is 5.19. The first-order valence-electron chi connectivity index (χ1n) is 9.65. The minimum Gasteiger partial charge on any atom is -0.479 e. The Labute approximate surface area is 189 Å². The second-order valence-corrected chi connectivity index (χ2v) is 7.45. The van der Waals surface area contributed by atoms with Crippen molar-refractivity contribution in [1.29, 1.82) is 0 Å². The monoisotopic (exact) mass is 491 g/mol. The van der Waals surface area contributed by atoms with Crippen molar-refractivity contribution in [3.8, 4) is 5.75 Å². The Balaban J connectivity index is 1.82. The fraction of sp³-hybridized carbons (Fsp3) is 0.556. The molecule has 34 heavy (non-hydrogen) atoms. The Morgan fingerprint density at radius 2 is 1.32 bits per heavy atom. The summed E-state index contributed by atoms with van der Waals surface area (Å²) in [6.45, 7) is 0. The van der Waals surface area contributed by atoms with E-state index in [1.807, 2.05) is 0 Å². The summed E-state index contributed by atoms with van der Waals surface area (Å²) in [5, 5.41) is 80.0. The SMILES string of the molecule is O=C(O)[C@H]1O[C@@H](O[C@@H]2[C@@H](O)[C@H](Oc3ccc([N+](=O)[O-])cc3)O[C@H](C(=O)O)[C@H]2O)[C@H](O)[C@@H](O)[C@@H]1O. The number of aliphatic hydroxyl groups excluding tert-OH is 5. The predicted octanol–water partition coefficient (Wildman–Crippen LogP) is -3.22. The van der Waals surface area contributed by atoms with Crippen molar-refractivity contribution in [2.45, 2.75) is 61.4 Å². The first-order chi connectivity index (χ1) is 15.9. The van der Waals surface area contributed by atoms with Crippen molar-refractivity contribution in [3.05, 3.63) is 34.4 Å². The van der Waals surface area contributed by atoms with Gasteiger partial charge in [0.25, 0.3) is 5.69 Å².